The van der Waals surface area contributed by atoms with Gasteiger partial charge in [0.2, 0.25) is 5.43 Å². The van der Waals surface area contributed by atoms with Crippen LogP contribution in [0.15, 0.2) is 29.2 Å². The Labute approximate surface area is 137 Å². The minimum Gasteiger partial charge on any atom is -0.493 e. The van der Waals surface area contributed by atoms with Crippen molar-refractivity contribution in [3.8, 4) is 23.6 Å². The molecular weight excluding hydrogens is 308 g/mol. The lowest BCUT2D eigenvalue weighted by molar-refractivity contribution is 0.356. The fourth-order valence-electron chi connectivity index (χ4n) is 2.22. The third kappa shape index (κ3) is 2.96. The van der Waals surface area contributed by atoms with Crippen molar-refractivity contribution in [2.75, 3.05) is 14.2 Å². The molecule has 7 nitrogen and oxygen atoms in total. The molecule has 0 bridgehead atoms. The van der Waals surface area contributed by atoms with Crippen LogP contribution in [-0.2, 0) is 0 Å². The SMILES string of the molecule is CC#N.COc1cc2cc3c(=O)c(C#N)c[nH]c3nc2cc1OC. The first kappa shape index (κ1) is 16.8. The summed E-state index contributed by atoms with van der Waals surface area (Å²) in [5.74, 6) is 1.12. The number of pyridine rings is 2. The minimum absolute atomic E-state index is 0.0594. The second-order valence-corrected chi connectivity index (χ2v) is 4.65. The Balaban J connectivity index is 0.000000647. The summed E-state index contributed by atoms with van der Waals surface area (Å²) in [6, 6.07) is 8.79. The highest BCUT2D eigenvalue weighted by Gasteiger charge is 2.11. The van der Waals surface area contributed by atoms with E-state index in [1.807, 2.05) is 6.07 Å². The maximum atomic E-state index is 12.1. The normalized spacial score (nSPS) is 9.54. The van der Waals surface area contributed by atoms with Crippen LogP contribution in [0.25, 0.3) is 21.9 Å². The Morgan fingerprint density at radius 3 is 2.33 bits per heavy atom. The van der Waals surface area contributed by atoms with Gasteiger partial charge in [0.25, 0.3) is 0 Å². The number of nitriles is 2. The van der Waals surface area contributed by atoms with E-state index in [4.69, 9.17) is 20.0 Å². The molecule has 7 heteroatoms. The molecule has 0 spiro atoms. The first-order valence-corrected chi connectivity index (χ1v) is 6.88. The maximum Gasteiger partial charge on any atom is 0.208 e. The van der Waals surface area contributed by atoms with E-state index < -0.39 is 0 Å². The van der Waals surface area contributed by atoms with E-state index in [-0.39, 0.29) is 11.0 Å². The van der Waals surface area contributed by atoms with Crippen LogP contribution in [0.5, 0.6) is 11.5 Å². The van der Waals surface area contributed by atoms with Gasteiger partial charge in [-0.1, -0.05) is 0 Å². The van der Waals surface area contributed by atoms with Crippen LogP contribution in [0.1, 0.15) is 12.5 Å². The molecule has 3 aromatic rings. The largest absolute Gasteiger partial charge is 0.493 e. The Kier molecular flexibility index (Phi) is 4.98. The van der Waals surface area contributed by atoms with Gasteiger partial charge in [-0.05, 0) is 12.1 Å². The molecule has 2 aromatic heterocycles. The van der Waals surface area contributed by atoms with E-state index in [1.54, 1.807) is 38.5 Å². The molecule has 0 saturated carbocycles. The maximum absolute atomic E-state index is 12.1. The summed E-state index contributed by atoms with van der Waals surface area (Å²) in [5.41, 5.74) is 0.818. The van der Waals surface area contributed by atoms with Crippen molar-refractivity contribution in [2.45, 2.75) is 6.92 Å². The molecule has 0 aliphatic heterocycles. The van der Waals surface area contributed by atoms with Gasteiger partial charge in [-0.25, -0.2) is 4.98 Å². The summed E-state index contributed by atoms with van der Waals surface area (Å²) in [4.78, 5) is 19.4. The molecule has 24 heavy (non-hydrogen) atoms. The number of hydrogen-bond donors (Lipinski definition) is 1. The lowest BCUT2D eigenvalue weighted by Gasteiger charge is -2.09. The Hall–Kier alpha value is -3.58. The van der Waals surface area contributed by atoms with E-state index in [0.717, 1.165) is 5.39 Å². The molecule has 0 aliphatic carbocycles. The van der Waals surface area contributed by atoms with Gasteiger partial charge in [-0.3, -0.25) is 4.79 Å². The first-order valence-electron chi connectivity index (χ1n) is 6.88. The molecule has 0 amide bonds. The lowest BCUT2D eigenvalue weighted by Crippen LogP contribution is -2.08. The number of methoxy groups -OCH3 is 2. The topological polar surface area (TPSA) is 112 Å². The fourth-order valence-corrected chi connectivity index (χ4v) is 2.22. The highest BCUT2D eigenvalue weighted by atomic mass is 16.5. The van der Waals surface area contributed by atoms with Crippen LogP contribution in [0.2, 0.25) is 0 Å². The number of benzene rings is 1. The molecule has 0 aliphatic rings. The Bertz CT molecular complexity index is 1040. The molecule has 1 N–H and O–H groups in total. The minimum atomic E-state index is -0.338. The monoisotopic (exact) mass is 322 g/mol. The molecule has 0 fully saturated rings. The van der Waals surface area contributed by atoms with Crippen LogP contribution in [0, 0.1) is 22.7 Å². The Morgan fingerprint density at radius 2 is 1.75 bits per heavy atom. The van der Waals surface area contributed by atoms with E-state index in [9.17, 15) is 4.79 Å². The number of aromatic nitrogens is 2. The third-order valence-electron chi connectivity index (χ3n) is 3.28. The summed E-state index contributed by atoms with van der Waals surface area (Å²) >= 11 is 0. The van der Waals surface area contributed by atoms with Gasteiger partial charge in [-0.2, -0.15) is 10.5 Å². The highest BCUT2D eigenvalue weighted by Crippen LogP contribution is 2.32. The number of hydrogen-bond acceptors (Lipinski definition) is 6. The van der Waals surface area contributed by atoms with Gasteiger partial charge in [0.15, 0.2) is 11.5 Å². The van der Waals surface area contributed by atoms with Crippen molar-refractivity contribution in [1.29, 1.82) is 10.5 Å². The van der Waals surface area contributed by atoms with Crippen molar-refractivity contribution in [3.05, 3.63) is 40.2 Å². The standard InChI is InChI=1S/C15H11N3O3.C2H3N/c1-20-12-4-8-3-10-14(19)9(6-16)7-17-15(10)18-11(8)5-13(12)21-2;1-2-3/h3-5,7H,1-2H3,(H,17,18,19);1H3. The summed E-state index contributed by atoms with van der Waals surface area (Å²) in [5, 5.41) is 17.3. The highest BCUT2D eigenvalue weighted by molar-refractivity contribution is 5.93. The second kappa shape index (κ2) is 7.12. The lowest BCUT2D eigenvalue weighted by atomic mass is 10.1. The molecular formula is C17H14N4O3. The number of fused-ring (bicyclic) bond motifs is 2. The van der Waals surface area contributed by atoms with Crippen LogP contribution < -0.4 is 14.9 Å². The molecule has 0 radical (unpaired) electrons. The number of rotatable bonds is 2. The van der Waals surface area contributed by atoms with Gasteiger partial charge in [0.05, 0.1) is 31.2 Å². The van der Waals surface area contributed by atoms with Gasteiger partial charge in [-0.15, -0.1) is 0 Å². The molecule has 0 saturated heterocycles. The van der Waals surface area contributed by atoms with Crippen molar-refractivity contribution >= 4 is 21.9 Å². The summed E-state index contributed by atoms with van der Waals surface area (Å²) in [6.45, 7) is 1.43. The van der Waals surface area contributed by atoms with E-state index in [0.29, 0.717) is 28.0 Å². The quantitative estimate of drug-likeness (QED) is 0.725. The number of ether oxygens (including phenoxy) is 2. The van der Waals surface area contributed by atoms with Gasteiger partial charge in [0, 0.05) is 24.6 Å². The van der Waals surface area contributed by atoms with E-state index in [1.165, 1.54) is 13.1 Å². The van der Waals surface area contributed by atoms with Crippen molar-refractivity contribution in [3.63, 3.8) is 0 Å². The predicted octanol–water partition coefficient (Wildman–Crippen LogP) is 2.50. The molecule has 120 valence electrons. The van der Waals surface area contributed by atoms with E-state index >= 15 is 0 Å². The van der Waals surface area contributed by atoms with Crippen molar-refractivity contribution < 1.29 is 9.47 Å². The van der Waals surface area contributed by atoms with Gasteiger partial charge < -0.3 is 14.5 Å². The number of aromatic amines is 1. The first-order chi connectivity index (χ1) is 11.6. The summed E-state index contributed by atoms with van der Waals surface area (Å²) in [7, 11) is 3.09. The summed E-state index contributed by atoms with van der Waals surface area (Å²) < 4.78 is 10.5. The fraction of sp³-hybridized carbons (Fsp3) is 0.176. The molecule has 2 heterocycles. The average Bonchev–Trinajstić information content (AvgIpc) is 2.60. The van der Waals surface area contributed by atoms with E-state index in [2.05, 4.69) is 9.97 Å². The zero-order valence-electron chi connectivity index (χ0n) is 13.4. The molecule has 0 unspecified atom stereocenters. The van der Waals surface area contributed by atoms with Gasteiger partial charge >= 0.3 is 0 Å². The predicted molar refractivity (Wildman–Crippen MR) is 89.0 cm³/mol. The number of nitrogens with zero attached hydrogens (tertiary/aromatic N) is 3. The van der Waals surface area contributed by atoms with Crippen LogP contribution in [-0.4, -0.2) is 24.2 Å². The zero-order chi connectivity index (χ0) is 17.7. The number of H-pyrrole nitrogens is 1. The van der Waals surface area contributed by atoms with Gasteiger partial charge in [0.1, 0.15) is 17.3 Å². The zero-order valence-corrected chi connectivity index (χ0v) is 13.4. The number of nitrogens with one attached hydrogen (secondary N) is 1. The van der Waals surface area contributed by atoms with Crippen LogP contribution >= 0.6 is 0 Å². The average molecular weight is 322 g/mol. The van der Waals surface area contributed by atoms with Crippen LogP contribution in [0.4, 0.5) is 0 Å². The Morgan fingerprint density at radius 1 is 1.12 bits per heavy atom. The van der Waals surface area contributed by atoms with Crippen LogP contribution in [0.3, 0.4) is 0 Å². The summed E-state index contributed by atoms with van der Waals surface area (Å²) in [6.07, 6.45) is 1.37. The molecule has 1 aromatic carbocycles. The molecule has 0 atom stereocenters. The smallest absolute Gasteiger partial charge is 0.208 e. The molecule has 3 rings (SSSR count). The second-order valence-electron chi connectivity index (χ2n) is 4.65. The third-order valence-corrected chi connectivity index (χ3v) is 3.28. The van der Waals surface area contributed by atoms with Crippen molar-refractivity contribution in [1.82, 2.24) is 9.97 Å². The van der Waals surface area contributed by atoms with Crippen molar-refractivity contribution in [2.24, 2.45) is 0 Å².